The predicted molar refractivity (Wildman–Crippen MR) is 229 cm³/mol. The zero-order valence-electron chi connectivity index (χ0n) is 36.8. The third-order valence-corrected chi connectivity index (χ3v) is 10.6. The predicted octanol–water partition coefficient (Wildman–Crippen LogP) is 8.72. The van der Waals surface area contributed by atoms with Crippen LogP contribution in [0.4, 0.5) is 0 Å². The second kappa shape index (κ2) is 32.6. The van der Waals surface area contributed by atoms with Crippen molar-refractivity contribution in [2.24, 2.45) is 5.41 Å². The smallest absolute Gasteiger partial charge is 0.330 e. The van der Waals surface area contributed by atoms with E-state index >= 15 is 0 Å². The van der Waals surface area contributed by atoms with Gasteiger partial charge in [0.2, 0.25) is 12.7 Å². The first-order valence-electron chi connectivity index (χ1n) is 22.7. The van der Waals surface area contributed by atoms with Gasteiger partial charge in [0.1, 0.15) is 69.7 Å². The molecule has 0 spiro atoms. The number of hydrogen-bond acceptors (Lipinski definition) is 8. The van der Waals surface area contributed by atoms with Crippen molar-refractivity contribution in [3.63, 3.8) is 0 Å². The normalized spacial score (nSPS) is 11.3. The minimum absolute atomic E-state index is 0.0811. The van der Waals surface area contributed by atoms with Gasteiger partial charge in [-0.3, -0.25) is 9.59 Å². The molecule has 0 aromatic carbocycles. The lowest BCUT2D eigenvalue weighted by Crippen LogP contribution is -2.44. The number of carbonyl (C=O) groups excluding carboxylic acids is 4. The van der Waals surface area contributed by atoms with Crippen molar-refractivity contribution in [2.75, 3.05) is 26.4 Å². The maximum Gasteiger partial charge on any atom is 0.330 e. The van der Waals surface area contributed by atoms with E-state index in [2.05, 4.69) is 36.1 Å². The van der Waals surface area contributed by atoms with Crippen LogP contribution in [0.5, 0.6) is 0 Å². The molecule has 2 aromatic heterocycles. The Morgan fingerprint density at radius 1 is 0.508 bits per heavy atom. The van der Waals surface area contributed by atoms with Crippen LogP contribution in [-0.2, 0) is 64.3 Å². The molecular formula is C47H78N4O8+2. The number of carbonyl (C=O) groups is 4. The monoisotopic (exact) mass is 827 g/mol. The highest BCUT2D eigenvalue weighted by molar-refractivity contribution is 5.81. The van der Waals surface area contributed by atoms with Gasteiger partial charge in [-0.1, -0.05) is 130 Å². The Hall–Kier alpha value is -4.22. The topological polar surface area (TPSA) is 123 Å². The minimum atomic E-state index is -1.36. The van der Waals surface area contributed by atoms with Gasteiger partial charge < -0.3 is 18.9 Å². The molecule has 0 aliphatic rings. The average molecular weight is 827 g/mol. The van der Waals surface area contributed by atoms with Gasteiger partial charge in [-0.25, -0.2) is 27.9 Å². The second-order valence-corrected chi connectivity index (χ2v) is 16.1. The zero-order valence-corrected chi connectivity index (χ0v) is 36.8. The fourth-order valence-electron chi connectivity index (χ4n) is 6.84. The van der Waals surface area contributed by atoms with Crippen molar-refractivity contribution in [3.05, 3.63) is 62.8 Å². The van der Waals surface area contributed by atoms with Gasteiger partial charge in [0.05, 0.1) is 25.9 Å². The highest BCUT2D eigenvalue weighted by atomic mass is 16.6. The molecule has 0 saturated heterocycles. The molecular weight excluding hydrogens is 749 g/mol. The molecule has 0 bridgehead atoms. The molecule has 2 rings (SSSR count). The lowest BCUT2D eigenvalue weighted by Gasteiger charge is -2.31. The first-order chi connectivity index (χ1) is 28.7. The van der Waals surface area contributed by atoms with Crippen LogP contribution in [0, 0.1) is 5.41 Å². The molecule has 0 aliphatic heterocycles. The van der Waals surface area contributed by atoms with Gasteiger partial charge in [-0.2, -0.15) is 0 Å². The summed E-state index contributed by atoms with van der Waals surface area (Å²) in [6, 6.07) is 0. The van der Waals surface area contributed by atoms with Crippen LogP contribution in [0.25, 0.3) is 0 Å². The van der Waals surface area contributed by atoms with E-state index in [0.717, 1.165) is 38.1 Å². The van der Waals surface area contributed by atoms with Gasteiger partial charge in [0.25, 0.3) is 0 Å². The van der Waals surface area contributed by atoms with Gasteiger partial charge >= 0.3 is 23.9 Å². The molecule has 0 amide bonds. The fraction of sp³-hybridized carbons (Fsp3) is 0.702. The van der Waals surface area contributed by atoms with Crippen molar-refractivity contribution in [2.45, 2.75) is 181 Å². The standard InChI is InChI=1S/C47H78N4O8/c1-5-9-11-13-15-17-19-21-23-25-29-48-33-35-50(41-48)31-27-45(54)58-39-47(37-56-43(52)7-3,38-57-44(53)8-4)40-59-46(55)28-32-51-36-34-49(42-51)30-26-24-22-20-18-16-14-12-10-6-2/h7-8,33-36,41-42H,3-6,9-32,37-40H2,1-2H3/q+2. The van der Waals surface area contributed by atoms with E-state index in [9.17, 15) is 19.2 Å². The Labute approximate surface area is 355 Å². The Morgan fingerprint density at radius 3 is 1.17 bits per heavy atom. The Morgan fingerprint density at radius 2 is 0.831 bits per heavy atom. The molecule has 332 valence electrons. The van der Waals surface area contributed by atoms with Crippen LogP contribution < -0.4 is 9.13 Å². The van der Waals surface area contributed by atoms with E-state index in [4.69, 9.17) is 18.9 Å². The molecule has 0 N–H and O–H groups in total. The third kappa shape index (κ3) is 25.1. The molecule has 2 aromatic rings. The van der Waals surface area contributed by atoms with E-state index in [1.54, 1.807) is 0 Å². The molecule has 2 heterocycles. The van der Waals surface area contributed by atoms with E-state index < -0.39 is 29.3 Å². The van der Waals surface area contributed by atoms with Gasteiger partial charge in [-0.05, 0) is 25.7 Å². The minimum Gasteiger partial charge on any atom is -0.465 e. The van der Waals surface area contributed by atoms with Gasteiger partial charge in [0.15, 0.2) is 0 Å². The number of imidazole rings is 2. The summed E-state index contributed by atoms with van der Waals surface area (Å²) >= 11 is 0. The molecule has 12 heteroatoms. The summed E-state index contributed by atoms with van der Waals surface area (Å²) in [7, 11) is 0. The summed E-state index contributed by atoms with van der Waals surface area (Å²) in [5, 5.41) is 0. The summed E-state index contributed by atoms with van der Waals surface area (Å²) in [6.45, 7) is 12.7. The van der Waals surface area contributed by atoms with E-state index in [1.807, 2.05) is 46.6 Å². The number of rotatable bonds is 38. The Bertz CT molecular complexity index is 1360. The van der Waals surface area contributed by atoms with E-state index in [0.29, 0.717) is 13.1 Å². The lowest BCUT2D eigenvalue weighted by atomic mass is 9.92. The zero-order chi connectivity index (χ0) is 42.8. The van der Waals surface area contributed by atoms with Crippen molar-refractivity contribution >= 4 is 23.9 Å². The number of aryl methyl sites for hydroxylation is 4. The molecule has 0 radical (unpaired) electrons. The summed E-state index contributed by atoms with van der Waals surface area (Å²) < 4.78 is 30.1. The van der Waals surface area contributed by atoms with Crippen LogP contribution in [0.2, 0.25) is 0 Å². The number of ether oxygens (including phenoxy) is 4. The van der Waals surface area contributed by atoms with Crippen molar-refractivity contribution in [1.29, 1.82) is 0 Å². The lowest BCUT2D eigenvalue weighted by molar-refractivity contribution is -0.697. The number of hydrogen-bond donors (Lipinski definition) is 0. The molecule has 0 atom stereocenters. The largest absolute Gasteiger partial charge is 0.465 e. The SMILES string of the molecule is C=CC(=O)OCC(COC(=O)C=C)(COC(=O)CCn1cc[n+](CCCCCCCCCCCC)c1)COC(=O)CCn1cc[n+](CCCCCCCCCCCC)c1. The second-order valence-electron chi connectivity index (χ2n) is 16.1. The molecule has 12 nitrogen and oxygen atoms in total. The first kappa shape index (κ1) is 50.9. The number of aromatic nitrogens is 4. The van der Waals surface area contributed by atoms with Crippen LogP contribution in [0.3, 0.4) is 0 Å². The summed E-state index contributed by atoms with van der Waals surface area (Å²) in [5.41, 5.74) is -1.36. The molecule has 59 heavy (non-hydrogen) atoms. The highest BCUT2D eigenvalue weighted by Crippen LogP contribution is 2.22. The highest BCUT2D eigenvalue weighted by Gasteiger charge is 2.38. The summed E-state index contributed by atoms with van der Waals surface area (Å²) in [4.78, 5) is 50.2. The van der Waals surface area contributed by atoms with Crippen molar-refractivity contribution < 1.29 is 47.3 Å². The molecule has 0 saturated carbocycles. The van der Waals surface area contributed by atoms with Crippen LogP contribution in [0.1, 0.15) is 155 Å². The van der Waals surface area contributed by atoms with Crippen LogP contribution in [0.15, 0.2) is 62.8 Å². The van der Waals surface area contributed by atoms with E-state index in [1.165, 1.54) is 116 Å². The first-order valence-corrected chi connectivity index (χ1v) is 22.7. The Balaban J connectivity index is 1.83. The number of unbranched alkanes of at least 4 members (excludes halogenated alkanes) is 18. The van der Waals surface area contributed by atoms with Gasteiger partial charge in [0, 0.05) is 12.2 Å². The van der Waals surface area contributed by atoms with Gasteiger partial charge in [-0.15, -0.1) is 0 Å². The maximum absolute atomic E-state index is 13.0. The fourth-order valence-corrected chi connectivity index (χ4v) is 6.84. The van der Waals surface area contributed by atoms with Crippen molar-refractivity contribution in [1.82, 2.24) is 9.13 Å². The Kier molecular flexibility index (Phi) is 28.1. The maximum atomic E-state index is 13.0. The third-order valence-electron chi connectivity index (χ3n) is 10.6. The summed E-state index contributed by atoms with van der Waals surface area (Å²) in [5.74, 6) is -2.45. The van der Waals surface area contributed by atoms with Crippen molar-refractivity contribution in [3.8, 4) is 0 Å². The average Bonchev–Trinajstić information content (AvgIpc) is 3.92. The number of esters is 4. The molecule has 0 aliphatic carbocycles. The van der Waals surface area contributed by atoms with Crippen LogP contribution >= 0.6 is 0 Å². The quantitative estimate of drug-likeness (QED) is 0.0217. The van der Waals surface area contributed by atoms with E-state index in [-0.39, 0.29) is 39.3 Å². The molecule has 0 fully saturated rings. The molecule has 0 unspecified atom stereocenters. The van der Waals surface area contributed by atoms with Crippen LogP contribution in [-0.4, -0.2) is 59.4 Å². The summed E-state index contributed by atoms with van der Waals surface area (Å²) in [6.07, 6.45) is 39.8. The number of nitrogens with zero attached hydrogens (tertiary/aromatic N) is 4.